The zero-order valence-electron chi connectivity index (χ0n) is 12.1. The van der Waals surface area contributed by atoms with Gasteiger partial charge in [0.05, 0.1) is 18.1 Å². The van der Waals surface area contributed by atoms with Gasteiger partial charge in [-0.1, -0.05) is 23.9 Å². The summed E-state index contributed by atoms with van der Waals surface area (Å²) in [6.45, 7) is 0.188. The first kappa shape index (κ1) is 17.0. The fraction of sp³-hybridized carbons (Fsp3) is 0.200. The number of nitro groups is 1. The van der Waals surface area contributed by atoms with E-state index < -0.39 is 10.7 Å². The topological polar surface area (TPSA) is 61.6 Å². The highest BCUT2D eigenvalue weighted by Gasteiger charge is 2.12. The Balaban J connectivity index is 2.04. The average molecular weight is 341 g/mol. The largest absolute Gasteiger partial charge is 0.493 e. The van der Waals surface area contributed by atoms with Gasteiger partial charge in [-0.15, -0.1) is 0 Å². The van der Waals surface area contributed by atoms with Crippen LogP contribution in [0.1, 0.15) is 5.56 Å². The van der Waals surface area contributed by atoms with Crippen LogP contribution in [0.25, 0.3) is 0 Å². The summed E-state index contributed by atoms with van der Waals surface area (Å²) in [5.74, 6) is -1.84. The summed E-state index contributed by atoms with van der Waals surface area (Å²) >= 11 is 0.474. The fourth-order valence-electron chi connectivity index (χ4n) is 1.82. The molecule has 2 aromatic carbocycles. The minimum absolute atomic E-state index is 0.0948. The van der Waals surface area contributed by atoms with Crippen LogP contribution in [0.3, 0.4) is 0 Å². The van der Waals surface area contributed by atoms with Gasteiger partial charge in [-0.05, 0) is 23.8 Å². The summed E-state index contributed by atoms with van der Waals surface area (Å²) in [5, 5.41) is 10.7. The number of thioether (sulfide) groups is 1. The quantitative estimate of drug-likeness (QED) is 0.422. The van der Waals surface area contributed by atoms with E-state index in [1.54, 1.807) is 24.3 Å². The molecule has 0 bridgehead atoms. The van der Waals surface area contributed by atoms with Crippen molar-refractivity contribution in [3.05, 3.63) is 58.1 Å². The fourth-order valence-corrected chi connectivity index (χ4v) is 2.32. The molecule has 0 heterocycles. The number of alkyl halides is 2. The van der Waals surface area contributed by atoms with Gasteiger partial charge in [0.15, 0.2) is 11.5 Å². The Morgan fingerprint density at radius 1 is 1.17 bits per heavy atom. The molecule has 0 radical (unpaired) electrons. The van der Waals surface area contributed by atoms with Crippen molar-refractivity contribution in [2.45, 2.75) is 17.3 Å². The van der Waals surface area contributed by atoms with Gasteiger partial charge < -0.3 is 9.47 Å². The lowest BCUT2D eigenvalue weighted by atomic mass is 10.2. The van der Waals surface area contributed by atoms with Crippen molar-refractivity contribution in [2.24, 2.45) is 0 Å². The van der Waals surface area contributed by atoms with E-state index in [9.17, 15) is 18.9 Å². The summed E-state index contributed by atoms with van der Waals surface area (Å²) in [6.07, 6.45) is 0. The number of hydrogen-bond acceptors (Lipinski definition) is 5. The standard InChI is InChI=1S/C15H13F2NO4S/c1-21-14-8-11(18(19)20)4-7-13(14)22-9-10-2-5-12(6-3-10)23-15(16)17/h2-8,15H,9H2,1H3. The number of benzene rings is 2. The van der Waals surface area contributed by atoms with Gasteiger partial charge in [-0.3, -0.25) is 10.1 Å². The van der Waals surface area contributed by atoms with Crippen molar-refractivity contribution in [1.29, 1.82) is 0 Å². The third kappa shape index (κ3) is 4.82. The molecule has 0 saturated carbocycles. The molecule has 122 valence electrons. The van der Waals surface area contributed by atoms with Crippen molar-refractivity contribution in [3.8, 4) is 11.5 Å². The molecule has 0 aliphatic rings. The van der Waals surface area contributed by atoms with Crippen LogP contribution in [0.5, 0.6) is 11.5 Å². The van der Waals surface area contributed by atoms with E-state index >= 15 is 0 Å². The highest BCUT2D eigenvalue weighted by Crippen LogP contribution is 2.32. The Kier molecular flexibility index (Phi) is 5.75. The Morgan fingerprint density at radius 3 is 2.43 bits per heavy atom. The molecule has 0 amide bonds. The smallest absolute Gasteiger partial charge is 0.288 e. The summed E-state index contributed by atoms with van der Waals surface area (Å²) in [5.41, 5.74) is 0.687. The van der Waals surface area contributed by atoms with Gasteiger partial charge >= 0.3 is 0 Å². The van der Waals surface area contributed by atoms with Crippen LogP contribution in [-0.4, -0.2) is 17.8 Å². The first-order valence-corrected chi connectivity index (χ1v) is 7.36. The molecule has 8 heteroatoms. The van der Waals surface area contributed by atoms with Gasteiger partial charge in [0.1, 0.15) is 6.61 Å². The summed E-state index contributed by atoms with van der Waals surface area (Å²) in [6, 6.07) is 10.6. The second kappa shape index (κ2) is 7.77. The average Bonchev–Trinajstić information content (AvgIpc) is 2.53. The van der Waals surface area contributed by atoms with E-state index in [0.29, 0.717) is 22.4 Å². The highest BCUT2D eigenvalue weighted by molar-refractivity contribution is 7.99. The SMILES string of the molecule is COc1cc([N+](=O)[O-])ccc1OCc1ccc(SC(F)F)cc1. The molecule has 2 aromatic rings. The number of nitrogens with zero attached hydrogens (tertiary/aromatic N) is 1. The Hall–Kier alpha value is -2.35. The normalized spacial score (nSPS) is 10.6. The number of nitro benzene ring substituents is 1. The van der Waals surface area contributed by atoms with Crippen molar-refractivity contribution >= 4 is 17.4 Å². The van der Waals surface area contributed by atoms with Crippen LogP contribution < -0.4 is 9.47 Å². The van der Waals surface area contributed by atoms with Gasteiger partial charge in [0.2, 0.25) is 0 Å². The van der Waals surface area contributed by atoms with E-state index in [1.165, 1.54) is 25.3 Å². The van der Waals surface area contributed by atoms with Crippen molar-refractivity contribution in [2.75, 3.05) is 7.11 Å². The lowest BCUT2D eigenvalue weighted by molar-refractivity contribution is -0.385. The summed E-state index contributed by atoms with van der Waals surface area (Å²) in [4.78, 5) is 10.7. The Morgan fingerprint density at radius 2 is 1.87 bits per heavy atom. The molecule has 5 nitrogen and oxygen atoms in total. The Labute approximate surface area is 135 Å². The van der Waals surface area contributed by atoms with E-state index in [4.69, 9.17) is 9.47 Å². The van der Waals surface area contributed by atoms with Crippen LogP contribution in [0.4, 0.5) is 14.5 Å². The maximum Gasteiger partial charge on any atom is 0.288 e. The Bertz CT molecular complexity index is 680. The molecular weight excluding hydrogens is 328 g/mol. The molecule has 0 saturated heterocycles. The highest BCUT2D eigenvalue weighted by atomic mass is 32.2. The van der Waals surface area contributed by atoms with E-state index in [0.717, 1.165) is 5.56 Å². The molecule has 2 rings (SSSR count). The number of halogens is 2. The molecule has 0 unspecified atom stereocenters. The van der Waals surface area contributed by atoms with Gasteiger partial charge in [0.25, 0.3) is 11.4 Å². The number of rotatable bonds is 7. The second-order valence-electron chi connectivity index (χ2n) is 4.40. The molecule has 0 N–H and O–H groups in total. The maximum atomic E-state index is 12.2. The zero-order valence-corrected chi connectivity index (χ0v) is 12.9. The third-order valence-electron chi connectivity index (χ3n) is 2.90. The molecule has 0 aliphatic heterocycles. The first-order chi connectivity index (χ1) is 11.0. The number of ether oxygens (including phenoxy) is 2. The van der Waals surface area contributed by atoms with Crippen LogP contribution in [0.15, 0.2) is 47.4 Å². The summed E-state index contributed by atoms with van der Waals surface area (Å²) < 4.78 is 35.1. The summed E-state index contributed by atoms with van der Waals surface area (Å²) in [7, 11) is 1.39. The predicted octanol–water partition coefficient (Wildman–Crippen LogP) is 4.50. The van der Waals surface area contributed by atoms with E-state index in [1.807, 2.05) is 0 Å². The first-order valence-electron chi connectivity index (χ1n) is 6.48. The maximum absolute atomic E-state index is 12.2. The molecular formula is C15H13F2NO4S. The number of hydrogen-bond donors (Lipinski definition) is 0. The predicted molar refractivity (Wildman–Crippen MR) is 82.3 cm³/mol. The van der Waals surface area contributed by atoms with Crippen LogP contribution in [0, 0.1) is 10.1 Å². The second-order valence-corrected chi connectivity index (χ2v) is 5.47. The lowest BCUT2D eigenvalue weighted by Crippen LogP contribution is -1.98. The van der Waals surface area contributed by atoms with Gasteiger partial charge in [-0.2, -0.15) is 8.78 Å². The van der Waals surface area contributed by atoms with Crippen LogP contribution >= 0.6 is 11.8 Å². The van der Waals surface area contributed by atoms with Crippen LogP contribution in [-0.2, 0) is 6.61 Å². The molecule has 0 aromatic heterocycles. The minimum Gasteiger partial charge on any atom is -0.493 e. The number of non-ortho nitro benzene ring substituents is 1. The molecule has 0 atom stereocenters. The van der Waals surface area contributed by atoms with Crippen molar-refractivity contribution in [3.63, 3.8) is 0 Å². The molecule has 0 spiro atoms. The van der Waals surface area contributed by atoms with Gasteiger partial charge in [-0.25, -0.2) is 0 Å². The molecule has 0 aliphatic carbocycles. The van der Waals surface area contributed by atoms with Crippen molar-refractivity contribution < 1.29 is 23.2 Å². The number of methoxy groups -OCH3 is 1. The molecule has 0 fully saturated rings. The van der Waals surface area contributed by atoms with E-state index in [2.05, 4.69) is 0 Å². The monoisotopic (exact) mass is 341 g/mol. The van der Waals surface area contributed by atoms with Crippen molar-refractivity contribution in [1.82, 2.24) is 0 Å². The third-order valence-corrected chi connectivity index (χ3v) is 3.62. The van der Waals surface area contributed by atoms with Crippen LogP contribution in [0.2, 0.25) is 0 Å². The van der Waals surface area contributed by atoms with E-state index in [-0.39, 0.29) is 18.0 Å². The zero-order chi connectivity index (χ0) is 16.8. The molecule has 23 heavy (non-hydrogen) atoms. The minimum atomic E-state index is -2.46. The van der Waals surface area contributed by atoms with Gasteiger partial charge in [0, 0.05) is 11.0 Å². The lowest BCUT2D eigenvalue weighted by Gasteiger charge is -2.10.